The molecule has 0 radical (unpaired) electrons. The number of benzene rings is 1. The van der Waals surface area contributed by atoms with E-state index in [9.17, 15) is 0 Å². The highest BCUT2D eigenvalue weighted by molar-refractivity contribution is 5.23. The first-order chi connectivity index (χ1) is 6.36. The molecular weight excluding hydrogens is 158 g/mol. The summed E-state index contributed by atoms with van der Waals surface area (Å²) in [5.74, 6) is 2.64. The van der Waals surface area contributed by atoms with E-state index >= 15 is 0 Å². The summed E-state index contributed by atoms with van der Waals surface area (Å²) in [7, 11) is 0. The summed E-state index contributed by atoms with van der Waals surface area (Å²) >= 11 is 0. The Morgan fingerprint density at radius 3 is 2.08 bits per heavy atom. The second-order valence-electron chi connectivity index (χ2n) is 3.06. The van der Waals surface area contributed by atoms with Gasteiger partial charge in [-0.15, -0.1) is 12.3 Å². The van der Waals surface area contributed by atoms with E-state index < -0.39 is 0 Å². The predicted molar refractivity (Wildman–Crippen MR) is 56.4 cm³/mol. The summed E-state index contributed by atoms with van der Waals surface area (Å²) in [5.41, 5.74) is 8.05. The molecule has 0 amide bonds. The van der Waals surface area contributed by atoms with Gasteiger partial charge >= 0.3 is 0 Å². The van der Waals surface area contributed by atoms with E-state index in [4.69, 9.17) is 12.2 Å². The van der Waals surface area contributed by atoms with Crippen molar-refractivity contribution in [2.75, 3.05) is 6.54 Å². The van der Waals surface area contributed by atoms with Gasteiger partial charge in [-0.3, -0.25) is 0 Å². The molecule has 0 heterocycles. The number of hydrogen-bond acceptors (Lipinski definition) is 1. The molecule has 13 heavy (non-hydrogen) atoms. The van der Waals surface area contributed by atoms with Crippen molar-refractivity contribution in [3.8, 4) is 12.3 Å². The molecule has 1 rings (SSSR count). The van der Waals surface area contributed by atoms with Crippen LogP contribution in [0, 0.1) is 12.3 Å². The third-order valence-electron chi connectivity index (χ3n) is 2.01. The van der Waals surface area contributed by atoms with Gasteiger partial charge in [0.05, 0.1) is 0 Å². The lowest BCUT2D eigenvalue weighted by molar-refractivity contribution is 0.961. The summed E-state index contributed by atoms with van der Waals surface area (Å²) in [6.45, 7) is 0.712. The van der Waals surface area contributed by atoms with E-state index in [1.54, 1.807) is 0 Å². The molecule has 0 aliphatic rings. The lowest BCUT2D eigenvalue weighted by Crippen LogP contribution is -2.02. The summed E-state index contributed by atoms with van der Waals surface area (Å²) < 4.78 is 0. The van der Waals surface area contributed by atoms with Crippen LogP contribution in [0.4, 0.5) is 0 Å². The highest BCUT2D eigenvalue weighted by Gasteiger charge is 1.93. The monoisotopic (exact) mass is 173 g/mol. The number of rotatable bonds is 4. The molecule has 1 nitrogen and oxygen atoms in total. The fourth-order valence-electron chi connectivity index (χ4n) is 1.26. The second kappa shape index (κ2) is 5.40. The molecule has 0 aromatic heterocycles. The molecule has 0 aliphatic carbocycles. The number of nitrogens with two attached hydrogens (primary N) is 1. The Morgan fingerprint density at radius 2 is 1.62 bits per heavy atom. The topological polar surface area (TPSA) is 26.0 Å². The SMILES string of the molecule is C#CCCc1ccc(CCN)cc1. The van der Waals surface area contributed by atoms with Crippen LogP contribution in [0.5, 0.6) is 0 Å². The quantitative estimate of drug-likeness (QED) is 0.690. The molecular formula is C12H15N. The molecule has 0 fully saturated rings. The van der Waals surface area contributed by atoms with Crippen molar-refractivity contribution in [2.45, 2.75) is 19.3 Å². The highest BCUT2D eigenvalue weighted by Crippen LogP contribution is 2.06. The molecule has 0 bridgehead atoms. The van der Waals surface area contributed by atoms with Crippen LogP contribution in [0.25, 0.3) is 0 Å². The fourth-order valence-corrected chi connectivity index (χ4v) is 1.26. The molecule has 0 atom stereocenters. The predicted octanol–water partition coefficient (Wildman–Crippen LogP) is 1.75. The van der Waals surface area contributed by atoms with Gasteiger partial charge in [-0.25, -0.2) is 0 Å². The molecule has 0 saturated carbocycles. The maximum Gasteiger partial charge on any atom is 0.0127 e. The van der Waals surface area contributed by atoms with Crippen molar-refractivity contribution in [1.29, 1.82) is 0 Å². The van der Waals surface area contributed by atoms with Crippen LogP contribution in [-0.4, -0.2) is 6.54 Å². The molecule has 68 valence electrons. The first kappa shape index (κ1) is 9.83. The second-order valence-corrected chi connectivity index (χ2v) is 3.06. The van der Waals surface area contributed by atoms with Crippen LogP contribution in [0.15, 0.2) is 24.3 Å². The van der Waals surface area contributed by atoms with E-state index in [2.05, 4.69) is 30.2 Å². The molecule has 0 spiro atoms. The first-order valence-electron chi connectivity index (χ1n) is 4.58. The van der Waals surface area contributed by atoms with Gasteiger partial charge in [-0.1, -0.05) is 24.3 Å². The zero-order valence-electron chi connectivity index (χ0n) is 7.79. The van der Waals surface area contributed by atoms with Gasteiger partial charge in [-0.2, -0.15) is 0 Å². The maximum atomic E-state index is 5.45. The summed E-state index contributed by atoms with van der Waals surface area (Å²) in [6.07, 6.45) is 7.93. The van der Waals surface area contributed by atoms with Gasteiger partial charge in [0.2, 0.25) is 0 Å². The van der Waals surface area contributed by atoms with E-state index in [1.165, 1.54) is 11.1 Å². The Labute approximate surface area is 80.0 Å². The molecule has 0 unspecified atom stereocenters. The summed E-state index contributed by atoms with van der Waals surface area (Å²) in [6, 6.07) is 8.50. The van der Waals surface area contributed by atoms with Gasteiger partial charge in [0.1, 0.15) is 0 Å². The largest absolute Gasteiger partial charge is 0.330 e. The van der Waals surface area contributed by atoms with Crippen LogP contribution in [0.3, 0.4) is 0 Å². The minimum Gasteiger partial charge on any atom is -0.330 e. The van der Waals surface area contributed by atoms with Gasteiger partial charge in [0.15, 0.2) is 0 Å². The third kappa shape index (κ3) is 3.31. The lowest BCUT2D eigenvalue weighted by atomic mass is 10.1. The fraction of sp³-hybridized carbons (Fsp3) is 0.333. The molecule has 0 aliphatic heterocycles. The van der Waals surface area contributed by atoms with Gasteiger partial charge in [-0.05, 0) is 30.5 Å². The Bertz CT molecular complexity index is 279. The van der Waals surface area contributed by atoms with Crippen molar-refractivity contribution in [2.24, 2.45) is 5.73 Å². The molecule has 0 saturated heterocycles. The van der Waals surface area contributed by atoms with E-state index in [-0.39, 0.29) is 0 Å². The van der Waals surface area contributed by atoms with Crippen LogP contribution in [-0.2, 0) is 12.8 Å². The van der Waals surface area contributed by atoms with Crippen molar-refractivity contribution in [1.82, 2.24) is 0 Å². The average Bonchev–Trinajstić information content (AvgIpc) is 2.17. The first-order valence-corrected chi connectivity index (χ1v) is 4.58. The van der Waals surface area contributed by atoms with Gasteiger partial charge < -0.3 is 5.73 Å². The van der Waals surface area contributed by atoms with Crippen LogP contribution in [0.2, 0.25) is 0 Å². The molecule has 1 heteroatoms. The zero-order chi connectivity index (χ0) is 9.52. The highest BCUT2D eigenvalue weighted by atomic mass is 14.5. The van der Waals surface area contributed by atoms with Crippen LogP contribution < -0.4 is 5.73 Å². The lowest BCUT2D eigenvalue weighted by Gasteiger charge is -2.00. The molecule has 1 aromatic carbocycles. The average molecular weight is 173 g/mol. The van der Waals surface area contributed by atoms with Gasteiger partial charge in [0.25, 0.3) is 0 Å². The Morgan fingerprint density at radius 1 is 1.08 bits per heavy atom. The minimum absolute atomic E-state index is 0.712. The summed E-state index contributed by atoms with van der Waals surface area (Å²) in [5, 5.41) is 0. The van der Waals surface area contributed by atoms with E-state index in [1.807, 2.05) is 0 Å². The number of hydrogen-bond donors (Lipinski definition) is 1. The van der Waals surface area contributed by atoms with Crippen molar-refractivity contribution in [3.05, 3.63) is 35.4 Å². The van der Waals surface area contributed by atoms with Gasteiger partial charge in [0, 0.05) is 6.42 Å². The normalized spacial score (nSPS) is 9.54. The van der Waals surface area contributed by atoms with Crippen LogP contribution >= 0.6 is 0 Å². The van der Waals surface area contributed by atoms with Crippen molar-refractivity contribution >= 4 is 0 Å². The Balaban J connectivity index is 2.54. The van der Waals surface area contributed by atoms with E-state index in [0.717, 1.165) is 19.3 Å². The number of aryl methyl sites for hydroxylation is 1. The minimum atomic E-state index is 0.712. The standard InChI is InChI=1S/C12H15N/c1-2-3-4-11-5-7-12(8-6-11)9-10-13/h1,5-8H,3-4,9-10,13H2. The Kier molecular flexibility index (Phi) is 4.08. The number of terminal acetylenes is 1. The Hall–Kier alpha value is -1.26. The third-order valence-corrected chi connectivity index (χ3v) is 2.01. The molecule has 1 aromatic rings. The summed E-state index contributed by atoms with van der Waals surface area (Å²) in [4.78, 5) is 0. The maximum absolute atomic E-state index is 5.45. The zero-order valence-corrected chi connectivity index (χ0v) is 7.79. The van der Waals surface area contributed by atoms with Crippen molar-refractivity contribution in [3.63, 3.8) is 0 Å². The van der Waals surface area contributed by atoms with E-state index in [0.29, 0.717) is 6.54 Å². The van der Waals surface area contributed by atoms with Crippen LogP contribution in [0.1, 0.15) is 17.5 Å². The smallest absolute Gasteiger partial charge is 0.0127 e. The molecule has 2 N–H and O–H groups in total. The van der Waals surface area contributed by atoms with Crippen molar-refractivity contribution < 1.29 is 0 Å².